The number of halogens is 1. The molecule has 1 aromatic heterocycles. The van der Waals surface area contributed by atoms with Crippen LogP contribution in [0.2, 0.25) is 0 Å². The maximum atomic E-state index is 8.67. The smallest absolute Gasteiger partial charge is 0.136 e. The zero-order chi connectivity index (χ0) is 8.55. The Morgan fingerprint density at radius 2 is 2.25 bits per heavy atom. The summed E-state index contributed by atoms with van der Waals surface area (Å²) in [4.78, 5) is 0. The van der Waals surface area contributed by atoms with Crippen LogP contribution in [0.25, 0.3) is 11.0 Å². The molecular weight excluding hydrogens is 218 g/mol. The van der Waals surface area contributed by atoms with Crippen LogP contribution in [-0.2, 0) is 0 Å². The molecule has 0 unspecified atom stereocenters. The summed E-state index contributed by atoms with van der Waals surface area (Å²) in [6.45, 7) is 0. The third-order valence-corrected chi connectivity index (χ3v) is 2.15. The van der Waals surface area contributed by atoms with Gasteiger partial charge in [-0.15, -0.1) is 0 Å². The van der Waals surface area contributed by atoms with Gasteiger partial charge in [0.1, 0.15) is 17.9 Å². The van der Waals surface area contributed by atoms with Crippen molar-refractivity contribution in [2.75, 3.05) is 0 Å². The number of hydrogen-bond donors (Lipinski definition) is 0. The summed E-state index contributed by atoms with van der Waals surface area (Å²) < 4.78 is 6.12. The summed E-state index contributed by atoms with van der Waals surface area (Å²) in [6, 6.07) is 7.65. The predicted octanol–water partition coefficient (Wildman–Crippen LogP) is 3.07. The molecule has 0 saturated carbocycles. The first-order valence-electron chi connectivity index (χ1n) is 3.38. The normalized spacial score (nSPS) is 10.0. The Bertz CT molecular complexity index is 467. The van der Waals surface area contributed by atoms with E-state index in [-0.39, 0.29) is 0 Å². The number of fused-ring (bicyclic) bond motifs is 1. The Hall–Kier alpha value is -1.27. The lowest BCUT2D eigenvalue weighted by atomic mass is 10.2. The van der Waals surface area contributed by atoms with Crippen LogP contribution in [0.5, 0.6) is 0 Å². The summed E-state index contributed by atoms with van der Waals surface area (Å²) in [6.07, 6.45) is 1.47. The van der Waals surface area contributed by atoms with Gasteiger partial charge in [-0.05, 0) is 18.2 Å². The Morgan fingerprint density at radius 3 is 3.00 bits per heavy atom. The summed E-state index contributed by atoms with van der Waals surface area (Å²) in [7, 11) is 0. The maximum Gasteiger partial charge on any atom is 0.136 e. The van der Waals surface area contributed by atoms with Crippen molar-refractivity contribution in [3.8, 4) is 6.07 Å². The van der Waals surface area contributed by atoms with Gasteiger partial charge in [0.2, 0.25) is 0 Å². The van der Waals surface area contributed by atoms with Gasteiger partial charge >= 0.3 is 0 Å². The van der Waals surface area contributed by atoms with E-state index in [2.05, 4.69) is 22.0 Å². The molecular formula is C9H4BrNO. The summed E-state index contributed by atoms with van der Waals surface area (Å²) in [5, 5.41) is 9.53. The summed E-state index contributed by atoms with van der Waals surface area (Å²) in [5.41, 5.74) is 1.32. The first-order valence-corrected chi connectivity index (χ1v) is 4.17. The molecule has 0 N–H and O–H groups in total. The largest absolute Gasteiger partial charge is 0.463 e. The lowest BCUT2D eigenvalue weighted by molar-refractivity contribution is 0.614. The van der Waals surface area contributed by atoms with Gasteiger partial charge in [0.05, 0.1) is 5.56 Å². The lowest BCUT2D eigenvalue weighted by Crippen LogP contribution is -1.68. The SMILES string of the molecule is N#Cc1coc2cc(Br)ccc12. The van der Waals surface area contributed by atoms with Crippen LogP contribution < -0.4 is 0 Å². The molecule has 0 aliphatic rings. The van der Waals surface area contributed by atoms with Crippen LogP contribution in [0.1, 0.15) is 5.56 Å². The molecule has 1 heterocycles. The monoisotopic (exact) mass is 221 g/mol. The van der Waals surface area contributed by atoms with E-state index in [0.29, 0.717) is 5.56 Å². The molecule has 58 valence electrons. The number of furan rings is 1. The zero-order valence-corrected chi connectivity index (χ0v) is 7.63. The molecule has 0 fully saturated rings. The molecule has 2 nitrogen and oxygen atoms in total. The number of benzene rings is 1. The van der Waals surface area contributed by atoms with Gasteiger partial charge in [0.15, 0.2) is 0 Å². The molecule has 2 aromatic rings. The van der Waals surface area contributed by atoms with E-state index in [1.54, 1.807) is 0 Å². The average Bonchev–Trinajstić information content (AvgIpc) is 2.46. The molecule has 0 amide bonds. The fraction of sp³-hybridized carbons (Fsp3) is 0. The Kier molecular flexibility index (Phi) is 1.63. The number of nitrogens with zero attached hydrogens (tertiary/aromatic N) is 1. The lowest BCUT2D eigenvalue weighted by Gasteiger charge is -1.88. The van der Waals surface area contributed by atoms with Crippen molar-refractivity contribution in [1.29, 1.82) is 5.26 Å². The first-order chi connectivity index (χ1) is 5.81. The van der Waals surface area contributed by atoms with E-state index in [4.69, 9.17) is 9.68 Å². The van der Waals surface area contributed by atoms with E-state index in [1.807, 2.05) is 18.2 Å². The molecule has 3 heteroatoms. The van der Waals surface area contributed by atoms with Crippen LogP contribution >= 0.6 is 15.9 Å². The minimum absolute atomic E-state index is 0.581. The van der Waals surface area contributed by atoms with Crippen LogP contribution in [0.3, 0.4) is 0 Å². The van der Waals surface area contributed by atoms with Crippen LogP contribution in [0, 0.1) is 11.3 Å². The number of hydrogen-bond acceptors (Lipinski definition) is 2. The highest BCUT2D eigenvalue weighted by molar-refractivity contribution is 9.10. The topological polar surface area (TPSA) is 36.9 Å². The molecule has 0 radical (unpaired) electrons. The Labute approximate surface area is 77.5 Å². The van der Waals surface area contributed by atoms with Crippen LogP contribution in [0.4, 0.5) is 0 Å². The van der Waals surface area contributed by atoms with Gasteiger partial charge in [-0.3, -0.25) is 0 Å². The van der Waals surface area contributed by atoms with Crippen molar-refractivity contribution < 1.29 is 4.42 Å². The molecule has 2 rings (SSSR count). The van der Waals surface area contributed by atoms with Crippen LogP contribution in [-0.4, -0.2) is 0 Å². The maximum absolute atomic E-state index is 8.67. The predicted molar refractivity (Wildman–Crippen MR) is 48.6 cm³/mol. The standard InChI is InChI=1S/C9H4BrNO/c10-7-1-2-8-6(4-11)5-12-9(8)3-7/h1-3,5H. The molecule has 0 bridgehead atoms. The zero-order valence-electron chi connectivity index (χ0n) is 6.04. The van der Waals surface area contributed by atoms with Crippen molar-refractivity contribution >= 4 is 26.9 Å². The van der Waals surface area contributed by atoms with Crippen molar-refractivity contribution in [2.45, 2.75) is 0 Å². The second-order valence-corrected chi connectivity index (χ2v) is 3.32. The number of rotatable bonds is 0. The Morgan fingerprint density at radius 1 is 1.42 bits per heavy atom. The molecule has 1 aromatic carbocycles. The fourth-order valence-corrected chi connectivity index (χ4v) is 1.43. The second kappa shape index (κ2) is 2.65. The number of nitriles is 1. The van der Waals surface area contributed by atoms with Gasteiger partial charge in [0, 0.05) is 9.86 Å². The minimum Gasteiger partial charge on any atom is -0.463 e. The first kappa shape index (κ1) is 7.38. The fourth-order valence-electron chi connectivity index (χ4n) is 1.09. The highest BCUT2D eigenvalue weighted by Gasteiger charge is 2.03. The van der Waals surface area contributed by atoms with E-state index < -0.39 is 0 Å². The Balaban J connectivity index is 2.84. The summed E-state index contributed by atoms with van der Waals surface area (Å²) >= 11 is 3.32. The second-order valence-electron chi connectivity index (χ2n) is 2.40. The van der Waals surface area contributed by atoms with Gasteiger partial charge < -0.3 is 4.42 Å². The van der Waals surface area contributed by atoms with E-state index in [9.17, 15) is 0 Å². The van der Waals surface area contributed by atoms with Crippen molar-refractivity contribution in [3.05, 3.63) is 34.5 Å². The van der Waals surface area contributed by atoms with Gasteiger partial charge in [-0.2, -0.15) is 5.26 Å². The average molecular weight is 222 g/mol. The molecule has 0 atom stereocenters. The van der Waals surface area contributed by atoms with Gasteiger partial charge in [-0.1, -0.05) is 15.9 Å². The van der Waals surface area contributed by atoms with Crippen molar-refractivity contribution in [2.24, 2.45) is 0 Å². The van der Waals surface area contributed by atoms with Gasteiger partial charge in [0.25, 0.3) is 0 Å². The van der Waals surface area contributed by atoms with Gasteiger partial charge in [-0.25, -0.2) is 0 Å². The van der Waals surface area contributed by atoms with E-state index in [1.165, 1.54) is 6.26 Å². The highest BCUT2D eigenvalue weighted by Crippen LogP contribution is 2.23. The van der Waals surface area contributed by atoms with Crippen molar-refractivity contribution in [1.82, 2.24) is 0 Å². The molecule has 0 aliphatic heterocycles. The molecule has 12 heavy (non-hydrogen) atoms. The quantitative estimate of drug-likeness (QED) is 0.686. The molecule has 0 spiro atoms. The molecule has 0 saturated heterocycles. The van der Waals surface area contributed by atoms with Crippen LogP contribution in [0.15, 0.2) is 33.4 Å². The van der Waals surface area contributed by atoms with E-state index in [0.717, 1.165) is 15.4 Å². The van der Waals surface area contributed by atoms with Crippen molar-refractivity contribution in [3.63, 3.8) is 0 Å². The third kappa shape index (κ3) is 1.01. The minimum atomic E-state index is 0.581. The molecule has 0 aliphatic carbocycles. The summed E-state index contributed by atoms with van der Waals surface area (Å²) in [5.74, 6) is 0. The third-order valence-electron chi connectivity index (χ3n) is 1.66. The highest BCUT2D eigenvalue weighted by atomic mass is 79.9. The van der Waals surface area contributed by atoms with E-state index >= 15 is 0 Å².